The first kappa shape index (κ1) is 121. The highest BCUT2D eigenvalue weighted by atomic mass is 35.5. The van der Waals surface area contributed by atoms with E-state index in [0.29, 0.717) is 11.1 Å². The van der Waals surface area contributed by atoms with Crippen molar-refractivity contribution in [2.75, 3.05) is 65.0 Å². The number of unbranched alkanes of at least 4 members (excludes halogenated alkanes) is 60. The molecule has 2 amide bonds. The van der Waals surface area contributed by atoms with Crippen LogP contribution in [0.5, 0.6) is 0 Å². The number of nitrogens with one attached hydrogen (secondary N) is 2. The number of hydrogen-bond donors (Lipinski definition) is 2. The van der Waals surface area contributed by atoms with E-state index >= 15 is 0 Å². The Morgan fingerprint density at radius 3 is 0.631 bits per heavy atom. The number of rotatable bonds is 81. The van der Waals surface area contributed by atoms with Gasteiger partial charge in [0.15, 0.2) is 11.6 Å². The largest absolute Gasteiger partial charge is 0.744 e. The van der Waals surface area contributed by atoms with Crippen molar-refractivity contribution in [3.63, 3.8) is 0 Å². The molecule has 130 heavy (non-hydrogen) atoms. The van der Waals surface area contributed by atoms with E-state index in [0.717, 1.165) is 38.1 Å². The van der Waals surface area contributed by atoms with Gasteiger partial charge in [-0.05, 0) is 149 Å². The fourth-order valence-electron chi connectivity index (χ4n) is 16.8. The number of anilines is 2. The molecule has 0 radical (unpaired) electrons. The summed E-state index contributed by atoms with van der Waals surface area (Å²) in [5, 5.41) is 20.6. The van der Waals surface area contributed by atoms with Crippen LogP contribution in [0.2, 0.25) is 10.0 Å². The van der Waals surface area contributed by atoms with Crippen molar-refractivity contribution in [1.29, 1.82) is 0 Å². The predicted octanol–water partition coefficient (Wildman–Crippen LogP) is 33.0. The monoisotopic (exact) mass is 1890 g/mol. The number of halogens is 2. The maximum atomic E-state index is 12.7. The van der Waals surface area contributed by atoms with Crippen LogP contribution < -0.4 is 10.6 Å². The van der Waals surface area contributed by atoms with Crippen LogP contribution in [0.15, 0.2) is 115 Å². The van der Waals surface area contributed by atoms with Gasteiger partial charge in [-0.2, -0.15) is 20.5 Å². The van der Waals surface area contributed by atoms with Crippen LogP contribution in [0, 0.1) is 0 Å². The summed E-state index contributed by atoms with van der Waals surface area (Å²) >= 11 is 12.8. The zero-order chi connectivity index (χ0) is 95.5. The number of nitrogens with zero attached hydrogens (tertiary/aromatic N) is 6. The molecule has 4 aromatic carbocycles. The van der Waals surface area contributed by atoms with Gasteiger partial charge in [-0.25, -0.2) is 16.8 Å². The van der Waals surface area contributed by atoms with Gasteiger partial charge in [0.25, 0.3) is 11.8 Å². The van der Waals surface area contributed by atoms with Crippen molar-refractivity contribution < 1.29 is 54.1 Å². The normalized spacial score (nSPS) is 12.4. The fraction of sp³-hybridized carbons (Fsp3) is 0.741. The molecule has 0 fully saturated rings. The van der Waals surface area contributed by atoms with Crippen molar-refractivity contribution >= 4 is 89.6 Å². The molecule has 0 heterocycles. The minimum atomic E-state index is -4.69. The molecule has 2 N–H and O–H groups in total. The van der Waals surface area contributed by atoms with Gasteiger partial charge in [0.1, 0.15) is 31.6 Å². The highest BCUT2D eigenvalue weighted by molar-refractivity contribution is 7.86. The van der Waals surface area contributed by atoms with Crippen LogP contribution in [0.25, 0.3) is 11.1 Å². The van der Waals surface area contributed by atoms with Gasteiger partial charge in [0.05, 0.1) is 74.2 Å². The quantitative estimate of drug-likeness (QED) is 0.0139. The first-order chi connectivity index (χ1) is 62.6. The average molecular weight is 1890 g/mol. The van der Waals surface area contributed by atoms with E-state index < -0.39 is 65.5 Å². The molecule has 0 bridgehead atoms. The molecule has 4 rings (SSSR count). The van der Waals surface area contributed by atoms with Gasteiger partial charge in [-0.15, -0.1) is 0 Å². The maximum Gasteiger partial charge on any atom is 0.258 e. The summed E-state index contributed by atoms with van der Waals surface area (Å²) in [4.78, 5) is 48.8. The van der Waals surface area contributed by atoms with Gasteiger partial charge in [-0.1, -0.05) is 423 Å². The minimum Gasteiger partial charge on any atom is -0.744 e. The van der Waals surface area contributed by atoms with Crippen LogP contribution in [-0.2, 0) is 39.4 Å². The molecule has 0 aliphatic rings. The summed E-state index contributed by atoms with van der Waals surface area (Å²) in [5.41, 5.74) is 1.58. The summed E-state index contributed by atoms with van der Waals surface area (Å²) in [7, 11) is 0.502. The number of quaternary nitrogens is 2. The smallest absolute Gasteiger partial charge is 0.258 e. The molecule has 742 valence electrons. The molecule has 0 saturated carbocycles. The van der Waals surface area contributed by atoms with Crippen LogP contribution in [0.1, 0.15) is 452 Å². The molecule has 18 nitrogen and oxygen atoms in total. The Morgan fingerprint density at radius 1 is 0.292 bits per heavy atom. The molecule has 2 unspecified atom stereocenters. The van der Waals surface area contributed by atoms with Crippen LogP contribution in [0.3, 0.4) is 0 Å². The molecular weight excluding hydrogens is 1700 g/mol. The summed E-state index contributed by atoms with van der Waals surface area (Å²) in [6.45, 7) is 17.0. The van der Waals surface area contributed by atoms with Gasteiger partial charge in [0, 0.05) is 11.4 Å². The third-order valence-corrected chi connectivity index (χ3v) is 27.7. The average Bonchev–Trinajstić information content (AvgIpc) is 0.828. The van der Waals surface area contributed by atoms with Crippen molar-refractivity contribution in [2.45, 2.75) is 474 Å². The van der Waals surface area contributed by atoms with Crippen molar-refractivity contribution in [1.82, 2.24) is 0 Å². The number of carbonyl (C=O) groups excluding carboxylic acids is 4. The third kappa shape index (κ3) is 65.4. The second-order valence-corrected chi connectivity index (χ2v) is 42.3. The topological polar surface area (TPSA) is 256 Å². The number of carbonyl (C=O) groups is 4. The Hall–Kier alpha value is -5.32. The standard InChI is InChI=1S/2C38H80N.C32H26Cl2N6O10S2/c2*1-5-7-9-11-13-15-17-19-21-23-25-27-29-31-33-35-37-39(3,4)38-36-34-32-30-28-26-24-22-20-18-16-14-12-10-8-6-2;1-17(41)29(31(43)35-21-5-9-23(10-6-21)51(45,46)47)39-37-27-13-3-19(15-25(27)33)20-4-14-28(26(34)16-20)38-40-30(18(2)42)32(44)36-22-7-11-24(12-8-22)52(48,49)50/h2*5-38H2,1-4H3;3-16,29-30H,1-2H3,(H,35,43)(H,36,44)(H,45,46,47)(H,48,49,50)/q2*+1;/p-2. The first-order valence-electron chi connectivity index (χ1n) is 52.4. The molecule has 2 atom stereocenters. The molecule has 0 aliphatic carbocycles. The Balaban J connectivity index is 0.000000673. The van der Waals surface area contributed by atoms with Crippen molar-refractivity contribution in [3.8, 4) is 11.1 Å². The van der Waals surface area contributed by atoms with Gasteiger partial charge < -0.3 is 28.7 Å². The number of Topliss-reactive ketones (excluding diaryl/α,β-unsaturated/α-hetero) is 2. The van der Waals surface area contributed by atoms with Crippen LogP contribution >= 0.6 is 23.2 Å². The van der Waals surface area contributed by atoms with E-state index in [1.807, 2.05) is 0 Å². The molecule has 0 spiro atoms. The molecule has 0 aliphatic heterocycles. The third-order valence-electron chi connectivity index (χ3n) is 25.3. The highest BCUT2D eigenvalue weighted by Crippen LogP contribution is 2.36. The lowest BCUT2D eigenvalue weighted by molar-refractivity contribution is -0.890. The van der Waals surface area contributed by atoms with E-state index in [9.17, 15) is 45.1 Å². The molecule has 0 aromatic heterocycles. The summed E-state index contributed by atoms with van der Waals surface area (Å²) < 4.78 is 69.2. The lowest BCUT2D eigenvalue weighted by Crippen LogP contribution is -2.41. The number of amides is 2. The fourth-order valence-corrected chi connectivity index (χ4v) is 18.2. The molecule has 4 aromatic rings. The maximum absolute atomic E-state index is 12.7. The van der Waals surface area contributed by atoms with Gasteiger partial charge in [-0.3, -0.25) is 19.2 Å². The van der Waals surface area contributed by atoms with Crippen LogP contribution in [-0.4, -0.2) is 125 Å². The number of benzene rings is 4. The number of ketones is 2. The highest BCUT2D eigenvalue weighted by Gasteiger charge is 2.26. The zero-order valence-corrected chi connectivity index (χ0v) is 86.8. The second kappa shape index (κ2) is 77.8. The molecule has 0 saturated heterocycles. The second-order valence-electron chi connectivity index (χ2n) is 38.7. The summed E-state index contributed by atoms with van der Waals surface area (Å²) in [5.74, 6) is -3.04. The summed E-state index contributed by atoms with van der Waals surface area (Å²) in [6, 6.07) is 14.8. The Bertz CT molecular complexity index is 3500. The number of azo groups is 2. The SMILES string of the molecule is CC(=O)C(N=Nc1ccc(-c2ccc(N=NC(C(C)=O)C(=O)Nc3ccc(S(=O)(=O)[O-])cc3)c(Cl)c2)cc1Cl)C(=O)Nc1ccc(S(=O)(=O)[O-])cc1.CCCCCCCCCCCCCCCCCC[N+](C)(C)CCCCCCCCCCCCCCCCCC.CCCCCCCCCCCCCCCCCC[N+](C)(C)CCCCCCCCCCCCCCCCCC. The van der Waals surface area contributed by atoms with Crippen molar-refractivity contribution in [2.24, 2.45) is 20.5 Å². The number of hydrogen-bond acceptors (Lipinski definition) is 14. The van der Waals surface area contributed by atoms with Crippen LogP contribution in [0.4, 0.5) is 22.7 Å². The first-order valence-corrected chi connectivity index (χ1v) is 55.9. The zero-order valence-electron chi connectivity index (χ0n) is 83.7. The van der Waals surface area contributed by atoms with E-state index in [2.05, 4.69) is 87.0 Å². The molecule has 22 heteroatoms. The Labute approximate surface area is 804 Å². The predicted molar refractivity (Wildman–Crippen MR) is 548 cm³/mol. The van der Waals surface area contributed by atoms with E-state index in [4.69, 9.17) is 23.2 Å². The Morgan fingerprint density at radius 2 is 0.469 bits per heavy atom. The van der Waals surface area contributed by atoms with Gasteiger partial charge in [0.2, 0.25) is 12.1 Å². The van der Waals surface area contributed by atoms with E-state index in [-0.39, 0.29) is 32.8 Å². The van der Waals surface area contributed by atoms with E-state index in [1.165, 1.54) is 495 Å². The Kier molecular flexibility index (Phi) is 72.3. The lowest BCUT2D eigenvalue weighted by Gasteiger charge is -2.30. The van der Waals surface area contributed by atoms with Gasteiger partial charge >= 0.3 is 0 Å². The van der Waals surface area contributed by atoms with E-state index in [1.54, 1.807) is 12.1 Å². The lowest BCUT2D eigenvalue weighted by atomic mass is 10.0. The molecular formula is C108H184Cl2N8O10S2. The summed E-state index contributed by atoms with van der Waals surface area (Å²) in [6.07, 6.45) is 93.9. The minimum absolute atomic E-state index is 0.0952. The van der Waals surface area contributed by atoms with Crippen molar-refractivity contribution in [3.05, 3.63) is 95.0 Å².